The fraction of sp³-hybridized carbons (Fsp3) is 0.421. The van der Waals surface area contributed by atoms with Crippen LogP contribution in [0.25, 0.3) is 0 Å². The van der Waals surface area contributed by atoms with Gasteiger partial charge in [-0.3, -0.25) is 19.2 Å². The molecule has 0 unspecified atom stereocenters. The minimum Gasteiger partial charge on any atom is -0.368 e. The van der Waals surface area contributed by atoms with E-state index in [0.717, 1.165) is 5.56 Å². The molecule has 0 aliphatic carbocycles. The van der Waals surface area contributed by atoms with E-state index >= 15 is 0 Å². The molecule has 9 heteroatoms. The first-order valence-electron chi connectivity index (χ1n) is 9.01. The second-order valence-corrected chi connectivity index (χ2v) is 6.59. The van der Waals surface area contributed by atoms with E-state index < -0.39 is 35.8 Å². The lowest BCUT2D eigenvalue weighted by Crippen LogP contribution is -2.63. The number of nitrogens with zero attached hydrogens (tertiary/aromatic N) is 1. The molecule has 1 aromatic carbocycles. The van der Waals surface area contributed by atoms with Gasteiger partial charge in [0.1, 0.15) is 18.1 Å². The smallest absolute Gasteiger partial charge is 0.243 e. The monoisotopic (exact) mass is 385 g/mol. The Hall–Kier alpha value is -3.41. The Morgan fingerprint density at radius 3 is 2.43 bits per heavy atom. The first-order valence-corrected chi connectivity index (χ1v) is 9.01. The molecule has 0 radical (unpaired) electrons. The van der Waals surface area contributed by atoms with Crippen LogP contribution < -0.4 is 21.7 Å². The summed E-state index contributed by atoms with van der Waals surface area (Å²) >= 11 is 0. The van der Waals surface area contributed by atoms with Crippen molar-refractivity contribution in [2.75, 3.05) is 0 Å². The van der Waals surface area contributed by atoms with Crippen molar-refractivity contribution in [1.29, 1.82) is 5.26 Å². The van der Waals surface area contributed by atoms with Crippen LogP contribution in [0, 0.1) is 11.3 Å². The SMILES string of the molecule is N#CCCC[C@H](NC(=O)C[C@@H]1NC(=O)[C@H](Cc2ccccc2)NC1=O)C(N)=O. The number of rotatable bonds is 9. The summed E-state index contributed by atoms with van der Waals surface area (Å²) in [7, 11) is 0. The summed E-state index contributed by atoms with van der Waals surface area (Å²) in [4.78, 5) is 48.1. The van der Waals surface area contributed by atoms with Gasteiger partial charge in [0.25, 0.3) is 0 Å². The molecular formula is C19H23N5O4. The number of piperazine rings is 1. The molecule has 0 saturated carbocycles. The maximum atomic E-state index is 12.3. The summed E-state index contributed by atoms with van der Waals surface area (Å²) in [5.41, 5.74) is 6.16. The molecule has 0 bridgehead atoms. The Kier molecular flexibility index (Phi) is 7.51. The van der Waals surface area contributed by atoms with Crippen LogP contribution in [0.1, 0.15) is 31.2 Å². The van der Waals surface area contributed by atoms with Gasteiger partial charge in [-0.1, -0.05) is 30.3 Å². The van der Waals surface area contributed by atoms with Crippen molar-refractivity contribution in [3.05, 3.63) is 35.9 Å². The van der Waals surface area contributed by atoms with Crippen LogP contribution in [-0.4, -0.2) is 41.8 Å². The van der Waals surface area contributed by atoms with Crippen molar-refractivity contribution < 1.29 is 19.2 Å². The second-order valence-electron chi connectivity index (χ2n) is 6.59. The number of hydrogen-bond acceptors (Lipinski definition) is 5. The zero-order chi connectivity index (χ0) is 20.5. The highest BCUT2D eigenvalue weighted by molar-refractivity contribution is 5.99. The molecule has 4 amide bonds. The van der Waals surface area contributed by atoms with Gasteiger partial charge in [-0.25, -0.2) is 0 Å². The number of carbonyl (C=O) groups is 4. The quantitative estimate of drug-likeness (QED) is 0.413. The van der Waals surface area contributed by atoms with Gasteiger partial charge in [-0.15, -0.1) is 0 Å². The van der Waals surface area contributed by atoms with Gasteiger partial charge in [0, 0.05) is 12.8 Å². The van der Waals surface area contributed by atoms with Gasteiger partial charge in [0.15, 0.2) is 0 Å². The second kappa shape index (κ2) is 10.1. The van der Waals surface area contributed by atoms with E-state index in [1.807, 2.05) is 36.4 Å². The Balaban J connectivity index is 1.88. The third-order valence-corrected chi connectivity index (χ3v) is 4.40. The van der Waals surface area contributed by atoms with E-state index in [-0.39, 0.29) is 25.2 Å². The largest absolute Gasteiger partial charge is 0.368 e. The van der Waals surface area contributed by atoms with Gasteiger partial charge < -0.3 is 21.7 Å². The number of unbranched alkanes of at least 4 members (excludes halogenated alkanes) is 1. The highest BCUT2D eigenvalue weighted by Gasteiger charge is 2.35. The fourth-order valence-corrected chi connectivity index (χ4v) is 2.92. The summed E-state index contributed by atoms with van der Waals surface area (Å²) in [5, 5.41) is 16.2. The number of nitrogens with two attached hydrogens (primary N) is 1. The van der Waals surface area contributed by atoms with Crippen LogP contribution in [0.3, 0.4) is 0 Å². The molecule has 1 saturated heterocycles. The van der Waals surface area contributed by atoms with Gasteiger partial charge in [-0.05, 0) is 18.4 Å². The van der Waals surface area contributed by atoms with Gasteiger partial charge >= 0.3 is 0 Å². The minimum atomic E-state index is -1.02. The third-order valence-electron chi connectivity index (χ3n) is 4.40. The van der Waals surface area contributed by atoms with Crippen LogP contribution in [0.2, 0.25) is 0 Å². The maximum Gasteiger partial charge on any atom is 0.243 e. The molecule has 9 nitrogen and oxygen atoms in total. The number of carbonyl (C=O) groups excluding carboxylic acids is 4. The molecule has 5 N–H and O–H groups in total. The predicted octanol–water partition coefficient (Wildman–Crippen LogP) is -0.734. The molecule has 1 aliphatic rings. The average Bonchev–Trinajstić information content (AvgIpc) is 2.66. The summed E-state index contributed by atoms with van der Waals surface area (Å²) < 4.78 is 0. The van der Waals surface area contributed by atoms with Crippen molar-refractivity contribution in [3.8, 4) is 6.07 Å². The summed E-state index contributed by atoms with van der Waals surface area (Å²) in [5.74, 6) is -2.13. The standard InChI is InChI=1S/C19H23N5O4/c20-9-5-4-8-13(17(21)26)22-16(25)11-15-19(28)23-14(18(27)24-15)10-12-6-2-1-3-7-12/h1-3,6-7,13-15H,4-5,8,10-11H2,(H2,21,26)(H,22,25)(H,23,28)(H,24,27)/t13-,14-,15-/m0/s1. The van der Waals surface area contributed by atoms with Crippen LogP contribution in [0.5, 0.6) is 0 Å². The zero-order valence-electron chi connectivity index (χ0n) is 15.3. The van der Waals surface area contributed by atoms with Crippen LogP contribution in [-0.2, 0) is 25.6 Å². The lowest BCUT2D eigenvalue weighted by molar-refractivity contribution is -0.138. The molecule has 3 atom stereocenters. The first kappa shape index (κ1) is 20.9. The van der Waals surface area contributed by atoms with Gasteiger partial charge in [0.2, 0.25) is 23.6 Å². The lowest BCUT2D eigenvalue weighted by atomic mass is 10.0. The fourth-order valence-electron chi connectivity index (χ4n) is 2.92. The van der Waals surface area contributed by atoms with Crippen LogP contribution in [0.4, 0.5) is 0 Å². The number of amides is 4. The number of primary amides is 1. The molecule has 1 aromatic rings. The predicted molar refractivity (Wildman–Crippen MR) is 99.2 cm³/mol. The highest BCUT2D eigenvalue weighted by Crippen LogP contribution is 2.09. The first-order chi connectivity index (χ1) is 13.4. The van der Waals surface area contributed by atoms with Gasteiger partial charge in [0.05, 0.1) is 12.5 Å². The Morgan fingerprint density at radius 1 is 1.14 bits per heavy atom. The third kappa shape index (κ3) is 6.09. The normalized spacial score (nSPS) is 19.7. The van der Waals surface area contributed by atoms with E-state index in [9.17, 15) is 19.2 Å². The van der Waals surface area contributed by atoms with E-state index in [1.54, 1.807) is 0 Å². The number of nitrogens with one attached hydrogen (secondary N) is 3. The van der Waals surface area contributed by atoms with E-state index in [4.69, 9.17) is 11.0 Å². The Labute approximate surface area is 162 Å². The highest BCUT2D eigenvalue weighted by atomic mass is 16.2. The van der Waals surface area contributed by atoms with Crippen molar-refractivity contribution in [1.82, 2.24) is 16.0 Å². The van der Waals surface area contributed by atoms with E-state index in [2.05, 4.69) is 16.0 Å². The molecule has 1 heterocycles. The summed E-state index contributed by atoms with van der Waals surface area (Å²) in [6.45, 7) is 0. The summed E-state index contributed by atoms with van der Waals surface area (Å²) in [6, 6.07) is 8.55. The zero-order valence-corrected chi connectivity index (χ0v) is 15.3. The summed E-state index contributed by atoms with van der Waals surface area (Å²) in [6.07, 6.45) is 0.921. The number of nitriles is 1. The van der Waals surface area contributed by atoms with Gasteiger partial charge in [-0.2, -0.15) is 5.26 Å². The average molecular weight is 385 g/mol. The van der Waals surface area contributed by atoms with E-state index in [1.165, 1.54) is 0 Å². The van der Waals surface area contributed by atoms with E-state index in [0.29, 0.717) is 12.8 Å². The molecule has 148 valence electrons. The topological polar surface area (TPSA) is 154 Å². The molecule has 1 aliphatic heterocycles. The van der Waals surface area contributed by atoms with Crippen molar-refractivity contribution >= 4 is 23.6 Å². The molecule has 1 fully saturated rings. The van der Waals surface area contributed by atoms with Crippen LogP contribution in [0.15, 0.2) is 30.3 Å². The molecular weight excluding hydrogens is 362 g/mol. The molecule has 0 spiro atoms. The number of benzene rings is 1. The molecule has 28 heavy (non-hydrogen) atoms. The Morgan fingerprint density at radius 2 is 1.79 bits per heavy atom. The molecule has 0 aromatic heterocycles. The number of hydrogen-bond donors (Lipinski definition) is 4. The van der Waals surface area contributed by atoms with Crippen molar-refractivity contribution in [2.45, 2.75) is 50.2 Å². The van der Waals surface area contributed by atoms with Crippen molar-refractivity contribution in [3.63, 3.8) is 0 Å². The lowest BCUT2D eigenvalue weighted by Gasteiger charge is -2.29. The minimum absolute atomic E-state index is 0.233. The van der Waals surface area contributed by atoms with Crippen molar-refractivity contribution in [2.24, 2.45) is 5.73 Å². The Bertz CT molecular complexity index is 774. The molecule has 2 rings (SSSR count). The van der Waals surface area contributed by atoms with Crippen LogP contribution >= 0.6 is 0 Å². The maximum absolute atomic E-state index is 12.3.